The van der Waals surface area contributed by atoms with Crippen LogP contribution in [0.1, 0.15) is 20.8 Å². The van der Waals surface area contributed by atoms with Crippen LogP contribution in [0.15, 0.2) is 0 Å². The molecule has 0 unspecified atom stereocenters. The van der Waals surface area contributed by atoms with Crippen molar-refractivity contribution >= 4 is 28.3 Å². The van der Waals surface area contributed by atoms with E-state index in [-0.39, 0.29) is 0 Å². The van der Waals surface area contributed by atoms with Gasteiger partial charge in [-0.1, -0.05) is 30.9 Å². The van der Waals surface area contributed by atoms with Gasteiger partial charge in [-0.2, -0.15) is 0 Å². The molecule has 0 fully saturated rings. The number of hydrogen-bond acceptors (Lipinski definition) is 4. The van der Waals surface area contributed by atoms with Gasteiger partial charge in [0.1, 0.15) is 4.32 Å². The third kappa shape index (κ3) is 11.4. The molecule has 0 bridgehead atoms. The quantitative estimate of drug-likeness (QED) is 0.462. The second kappa shape index (κ2) is 10.5. The second-order valence-electron chi connectivity index (χ2n) is 2.11. The molecule has 1 N–H and O–H groups in total. The Morgan fingerprint density at radius 3 is 2.07 bits per heavy atom. The number of thiocarbonyl (C=S) groups is 1. The van der Waals surface area contributed by atoms with Crippen LogP contribution in [-0.2, 0) is 0 Å². The van der Waals surface area contributed by atoms with Gasteiger partial charge in [0.2, 0.25) is 0 Å². The minimum Gasteiger partial charge on any atom is -0.358 e. The lowest BCUT2D eigenvalue weighted by atomic mass is 10.6. The van der Waals surface area contributed by atoms with Crippen LogP contribution in [-0.4, -0.2) is 38.4 Å². The minimum atomic E-state index is -1.50. The van der Waals surface area contributed by atoms with Gasteiger partial charge < -0.3 is 10.1 Å². The summed E-state index contributed by atoms with van der Waals surface area (Å²) in [6.45, 7) is 8.45. The summed E-state index contributed by atoms with van der Waals surface area (Å²) in [6, 6.07) is 0. The Balaban J connectivity index is 0. The van der Waals surface area contributed by atoms with Crippen molar-refractivity contribution in [2.75, 3.05) is 18.8 Å². The summed E-state index contributed by atoms with van der Waals surface area (Å²) in [6.07, 6.45) is 0. The third-order valence-electron chi connectivity index (χ3n) is 1.29. The molecule has 0 aliphatic carbocycles. The summed E-state index contributed by atoms with van der Waals surface area (Å²) in [5, 5.41) is 13.6. The fraction of sp³-hybridized carbons (Fsp3) is 0.857. The van der Waals surface area contributed by atoms with Crippen molar-refractivity contribution in [1.82, 2.24) is 4.90 Å². The molecule has 0 amide bonds. The van der Waals surface area contributed by atoms with Gasteiger partial charge in [0.25, 0.3) is 5.09 Å². The van der Waals surface area contributed by atoms with Crippen molar-refractivity contribution in [2.45, 2.75) is 20.8 Å². The molecule has 0 atom stereocenters. The lowest BCUT2D eigenvalue weighted by Gasteiger charge is -2.20. The lowest BCUT2D eigenvalue weighted by molar-refractivity contribution is -0.742. The van der Waals surface area contributed by atoms with Gasteiger partial charge in [-0.15, -0.1) is 10.1 Å². The number of rotatable bonds is 3. The predicted molar refractivity (Wildman–Crippen MR) is 62.4 cm³/mol. The van der Waals surface area contributed by atoms with E-state index < -0.39 is 5.09 Å². The van der Waals surface area contributed by atoms with Crippen molar-refractivity contribution in [3.8, 4) is 0 Å². The molecule has 0 aliphatic rings. The highest BCUT2D eigenvalue weighted by Gasteiger charge is 2.02. The summed E-state index contributed by atoms with van der Waals surface area (Å²) in [4.78, 5) is 10.6. The van der Waals surface area contributed by atoms with E-state index >= 15 is 0 Å². The fourth-order valence-electron chi connectivity index (χ4n) is 0.697. The zero-order chi connectivity index (χ0) is 11.6. The number of thioether (sulfide) groups is 1. The molecule has 0 aromatic heterocycles. The third-order valence-corrected chi connectivity index (χ3v) is 2.70. The Bertz CT molecular complexity index is 170. The highest BCUT2D eigenvalue weighted by molar-refractivity contribution is 8.22. The second-order valence-corrected chi connectivity index (χ2v) is 4.01. The Hall–Kier alpha value is -0.560. The summed E-state index contributed by atoms with van der Waals surface area (Å²) < 4.78 is 1.03. The van der Waals surface area contributed by atoms with E-state index in [9.17, 15) is 0 Å². The first-order valence-corrected chi connectivity index (χ1v) is 5.63. The first-order valence-electron chi connectivity index (χ1n) is 4.24. The van der Waals surface area contributed by atoms with Gasteiger partial charge in [-0.05, 0) is 19.6 Å². The molecule has 0 rings (SSSR count). The Morgan fingerprint density at radius 2 is 1.86 bits per heavy atom. The van der Waals surface area contributed by atoms with Crippen molar-refractivity contribution in [1.29, 1.82) is 0 Å². The molecule has 0 spiro atoms. The van der Waals surface area contributed by atoms with Gasteiger partial charge >= 0.3 is 0 Å². The van der Waals surface area contributed by atoms with Crippen molar-refractivity contribution in [2.24, 2.45) is 0 Å². The molecule has 0 heterocycles. The standard InChI is InChI=1S/C7H15NS2.HNO3/c1-4-8(5-2)7(9)10-6-3;2-1(3)4/h4-6H2,1-3H3;(H,2,3,4). The van der Waals surface area contributed by atoms with Crippen LogP contribution in [0.25, 0.3) is 0 Å². The van der Waals surface area contributed by atoms with Gasteiger partial charge in [0.15, 0.2) is 0 Å². The zero-order valence-corrected chi connectivity index (χ0v) is 10.2. The molecule has 0 saturated carbocycles. The topological polar surface area (TPSA) is 66.6 Å². The molecule has 0 aromatic rings. The molecule has 0 radical (unpaired) electrons. The van der Waals surface area contributed by atoms with Crippen molar-refractivity contribution < 1.29 is 10.3 Å². The van der Waals surface area contributed by atoms with E-state index in [2.05, 4.69) is 25.7 Å². The maximum Gasteiger partial charge on any atom is 0.291 e. The van der Waals surface area contributed by atoms with Crippen LogP contribution in [0.3, 0.4) is 0 Å². The van der Waals surface area contributed by atoms with E-state index in [1.54, 1.807) is 11.8 Å². The van der Waals surface area contributed by atoms with Gasteiger partial charge in [-0.3, -0.25) is 0 Å². The minimum absolute atomic E-state index is 1.03. The van der Waals surface area contributed by atoms with Crippen LogP contribution in [0.2, 0.25) is 0 Å². The van der Waals surface area contributed by atoms with Crippen LogP contribution >= 0.6 is 24.0 Å². The number of hydrogen-bond donors (Lipinski definition) is 1. The summed E-state index contributed by atoms with van der Waals surface area (Å²) >= 11 is 6.91. The molecule has 0 saturated heterocycles. The lowest BCUT2D eigenvalue weighted by Crippen LogP contribution is -2.26. The maximum absolute atomic E-state index is 8.36. The summed E-state index contributed by atoms with van der Waals surface area (Å²) in [7, 11) is 0. The van der Waals surface area contributed by atoms with E-state index in [1.165, 1.54) is 0 Å². The van der Waals surface area contributed by atoms with E-state index in [0.29, 0.717) is 0 Å². The van der Waals surface area contributed by atoms with Crippen LogP contribution in [0.4, 0.5) is 0 Å². The Labute approximate surface area is 93.6 Å². The molecule has 7 heteroatoms. The highest BCUT2D eigenvalue weighted by atomic mass is 32.2. The first-order chi connectivity index (χ1) is 6.49. The van der Waals surface area contributed by atoms with Gasteiger partial charge in [-0.25, -0.2) is 0 Å². The summed E-state index contributed by atoms with van der Waals surface area (Å²) in [5.41, 5.74) is 0. The average molecular weight is 240 g/mol. The largest absolute Gasteiger partial charge is 0.358 e. The molecule has 0 aromatic carbocycles. The van der Waals surface area contributed by atoms with E-state index in [1.807, 2.05) is 0 Å². The van der Waals surface area contributed by atoms with Gasteiger partial charge in [0.05, 0.1) is 0 Å². The zero-order valence-electron chi connectivity index (χ0n) is 8.60. The predicted octanol–water partition coefficient (Wildman–Crippen LogP) is 2.02. The number of nitrogens with zero attached hydrogens (tertiary/aromatic N) is 2. The smallest absolute Gasteiger partial charge is 0.291 e. The van der Waals surface area contributed by atoms with Crippen LogP contribution in [0.5, 0.6) is 0 Å². The molecule has 5 nitrogen and oxygen atoms in total. The average Bonchev–Trinajstić information content (AvgIpc) is 2.06. The van der Waals surface area contributed by atoms with Crippen LogP contribution < -0.4 is 0 Å². The fourth-order valence-corrected chi connectivity index (χ4v) is 2.00. The van der Waals surface area contributed by atoms with Crippen molar-refractivity contribution in [3.63, 3.8) is 0 Å². The molecular weight excluding hydrogens is 224 g/mol. The molecule has 14 heavy (non-hydrogen) atoms. The monoisotopic (exact) mass is 240 g/mol. The van der Waals surface area contributed by atoms with E-state index in [0.717, 1.165) is 23.2 Å². The SMILES string of the molecule is CCSC(=S)N(CC)CC.O=[N+]([O-])O. The van der Waals surface area contributed by atoms with Crippen molar-refractivity contribution in [3.05, 3.63) is 10.1 Å². The van der Waals surface area contributed by atoms with Gasteiger partial charge in [0, 0.05) is 13.1 Å². The maximum atomic E-state index is 8.36. The molecular formula is C7H16N2O3S2. The summed E-state index contributed by atoms with van der Waals surface area (Å²) in [5.74, 6) is 1.08. The highest BCUT2D eigenvalue weighted by Crippen LogP contribution is 2.07. The molecule has 84 valence electrons. The molecule has 0 aliphatic heterocycles. The Kier molecular flexibility index (Phi) is 11.9. The Morgan fingerprint density at radius 1 is 1.50 bits per heavy atom. The first kappa shape index (κ1) is 15.9. The van der Waals surface area contributed by atoms with Crippen LogP contribution in [0, 0.1) is 10.1 Å². The van der Waals surface area contributed by atoms with E-state index in [4.69, 9.17) is 27.5 Å². The normalized spacial score (nSPS) is 8.50.